The second-order valence-electron chi connectivity index (χ2n) is 8.20. The highest BCUT2D eigenvalue weighted by atomic mass is 32.2. The molecule has 0 aromatic heterocycles. The summed E-state index contributed by atoms with van der Waals surface area (Å²) in [6.07, 6.45) is 1.20. The summed E-state index contributed by atoms with van der Waals surface area (Å²) in [5, 5.41) is 9.71. The van der Waals surface area contributed by atoms with Gasteiger partial charge in [0.2, 0.25) is 0 Å². The molecule has 2 aromatic rings. The number of nitrogens with two attached hydrogens (primary N) is 1. The summed E-state index contributed by atoms with van der Waals surface area (Å²) >= 11 is 0. The molecule has 0 radical (unpaired) electrons. The molecule has 3 rings (SSSR count). The maximum Gasteiger partial charge on any atom is 0.501 e. The number of alkyl halides is 3. The molecule has 35 heavy (non-hydrogen) atoms. The van der Waals surface area contributed by atoms with Crippen LogP contribution in [0.1, 0.15) is 30.1 Å². The molecule has 0 unspecified atom stereocenters. The lowest BCUT2D eigenvalue weighted by Crippen LogP contribution is -2.37. The van der Waals surface area contributed by atoms with E-state index in [0.717, 1.165) is 24.6 Å². The Labute approximate surface area is 200 Å². The Bertz CT molecular complexity index is 1300. The Kier molecular flexibility index (Phi) is 7.39. The minimum Gasteiger partial charge on any atom is -0.398 e. The summed E-state index contributed by atoms with van der Waals surface area (Å²) in [5.74, 6) is -0.845. The molecule has 1 saturated heterocycles. The first-order valence-corrected chi connectivity index (χ1v) is 13.4. The molecule has 1 heterocycles. The van der Waals surface area contributed by atoms with E-state index >= 15 is 0 Å². The number of hydrogen-bond acceptors (Lipinski definition) is 8. The van der Waals surface area contributed by atoms with E-state index in [1.54, 1.807) is 23.8 Å². The monoisotopic (exact) mass is 535 g/mol. The van der Waals surface area contributed by atoms with Gasteiger partial charge in [0, 0.05) is 24.3 Å². The van der Waals surface area contributed by atoms with Crippen LogP contribution in [0.2, 0.25) is 0 Å². The number of halogens is 3. The van der Waals surface area contributed by atoms with Gasteiger partial charge in [-0.05, 0) is 68.1 Å². The highest BCUT2D eigenvalue weighted by Gasteiger charge is 2.48. The molecule has 0 aliphatic carbocycles. The van der Waals surface area contributed by atoms with E-state index < -0.39 is 52.9 Å². The number of amides is 1. The van der Waals surface area contributed by atoms with E-state index in [1.165, 1.54) is 12.1 Å². The van der Waals surface area contributed by atoms with Gasteiger partial charge < -0.3 is 15.7 Å². The van der Waals surface area contributed by atoms with Crippen molar-refractivity contribution >= 4 is 37.1 Å². The van der Waals surface area contributed by atoms with Gasteiger partial charge in [0.25, 0.3) is 25.8 Å². The Morgan fingerprint density at radius 2 is 1.66 bits per heavy atom. The second-order valence-corrected chi connectivity index (χ2v) is 11.8. The first kappa shape index (κ1) is 26.8. The van der Waals surface area contributed by atoms with Crippen LogP contribution in [-0.2, 0) is 19.9 Å². The van der Waals surface area contributed by atoms with Crippen molar-refractivity contribution in [2.24, 2.45) is 5.92 Å². The Hall–Kier alpha value is -2.84. The fraction of sp³-hybridized carbons (Fsp3) is 0.381. The Morgan fingerprint density at radius 3 is 2.17 bits per heavy atom. The van der Waals surface area contributed by atoms with Crippen molar-refractivity contribution in [3.8, 4) is 0 Å². The van der Waals surface area contributed by atoms with Crippen molar-refractivity contribution in [2.45, 2.75) is 41.2 Å². The van der Waals surface area contributed by atoms with E-state index in [-0.39, 0.29) is 17.5 Å². The van der Waals surface area contributed by atoms with Crippen LogP contribution < -0.4 is 15.4 Å². The average molecular weight is 536 g/mol. The van der Waals surface area contributed by atoms with Gasteiger partial charge in [-0.1, -0.05) is 0 Å². The third-order valence-electron chi connectivity index (χ3n) is 5.83. The quantitative estimate of drug-likeness (QED) is 0.478. The smallest absolute Gasteiger partial charge is 0.398 e. The average Bonchev–Trinajstić information content (AvgIpc) is 2.78. The molecule has 1 amide bonds. The SMILES string of the molecule is C[C@H](O)C1CCN(c2ccc(C(=O)NS(=O)(=O)c3ccc(N)c(S(=O)(=O)C(F)(F)F)c3)cc2)CC1. The number of sulfonamides is 1. The second kappa shape index (κ2) is 9.66. The summed E-state index contributed by atoms with van der Waals surface area (Å²) in [6, 6.07) is 7.79. The fourth-order valence-corrected chi connectivity index (χ4v) is 5.73. The van der Waals surface area contributed by atoms with E-state index in [2.05, 4.69) is 4.90 Å². The molecule has 192 valence electrons. The highest BCUT2D eigenvalue weighted by molar-refractivity contribution is 7.92. The summed E-state index contributed by atoms with van der Waals surface area (Å²) in [7, 11) is -10.6. The predicted molar refractivity (Wildman–Crippen MR) is 122 cm³/mol. The number of benzene rings is 2. The van der Waals surface area contributed by atoms with Crippen molar-refractivity contribution in [2.75, 3.05) is 23.7 Å². The van der Waals surface area contributed by atoms with Crippen LogP contribution in [0.3, 0.4) is 0 Å². The number of rotatable bonds is 6. The summed E-state index contributed by atoms with van der Waals surface area (Å²) in [5.41, 5.74) is -0.390. The molecule has 0 spiro atoms. The van der Waals surface area contributed by atoms with Crippen molar-refractivity contribution in [3.63, 3.8) is 0 Å². The molecular weight excluding hydrogens is 511 g/mol. The van der Waals surface area contributed by atoms with Gasteiger partial charge in [-0.25, -0.2) is 21.6 Å². The maximum atomic E-state index is 12.9. The van der Waals surface area contributed by atoms with E-state index in [0.29, 0.717) is 19.2 Å². The van der Waals surface area contributed by atoms with Gasteiger partial charge in [-0.3, -0.25) is 4.79 Å². The summed E-state index contributed by atoms with van der Waals surface area (Å²) < 4.78 is 89.0. The van der Waals surface area contributed by atoms with Crippen LogP contribution in [0, 0.1) is 5.92 Å². The van der Waals surface area contributed by atoms with Gasteiger partial charge in [-0.2, -0.15) is 13.2 Å². The van der Waals surface area contributed by atoms with Crippen molar-refractivity contribution in [1.29, 1.82) is 0 Å². The third kappa shape index (κ3) is 5.70. The topological polar surface area (TPSA) is 147 Å². The first-order valence-electron chi connectivity index (χ1n) is 10.4. The molecular formula is C21H24F3N3O6S2. The number of aliphatic hydroxyl groups is 1. The fourth-order valence-electron chi connectivity index (χ4n) is 3.74. The number of nitrogens with one attached hydrogen (secondary N) is 1. The molecule has 2 aromatic carbocycles. The molecule has 1 aliphatic heterocycles. The number of nitrogens with zero attached hydrogens (tertiary/aromatic N) is 1. The van der Waals surface area contributed by atoms with E-state index in [4.69, 9.17) is 5.73 Å². The zero-order chi connectivity index (χ0) is 26.2. The van der Waals surface area contributed by atoms with Gasteiger partial charge in [-0.15, -0.1) is 0 Å². The lowest BCUT2D eigenvalue weighted by Gasteiger charge is -2.34. The molecule has 1 aliphatic rings. The number of nitrogen functional groups attached to an aromatic ring is 1. The minimum absolute atomic E-state index is 0.0326. The first-order chi connectivity index (χ1) is 16.1. The predicted octanol–water partition coefficient (Wildman–Crippen LogP) is 2.28. The zero-order valence-electron chi connectivity index (χ0n) is 18.5. The summed E-state index contributed by atoms with van der Waals surface area (Å²) in [4.78, 5) is 12.3. The Balaban J connectivity index is 1.76. The largest absolute Gasteiger partial charge is 0.501 e. The number of aliphatic hydroxyl groups excluding tert-OH is 1. The Morgan fingerprint density at radius 1 is 1.09 bits per heavy atom. The standard InChI is InChI=1S/C21H24F3N3O6S2/c1-13(28)14-8-10-27(11-9-14)16-4-2-15(3-5-16)20(29)26-35(32,33)17-6-7-18(25)19(12-17)34(30,31)21(22,23)24/h2-7,12-14,28H,8-11,25H2,1H3,(H,26,29)/t13-/m0/s1. The van der Waals surface area contributed by atoms with Crippen LogP contribution in [-0.4, -0.2) is 52.6 Å². The van der Waals surface area contributed by atoms with Crippen LogP contribution in [0.4, 0.5) is 24.5 Å². The number of carbonyl (C=O) groups is 1. The van der Waals surface area contributed by atoms with Crippen molar-refractivity contribution in [3.05, 3.63) is 48.0 Å². The van der Waals surface area contributed by atoms with Gasteiger partial charge in [0.05, 0.1) is 16.7 Å². The maximum absolute atomic E-state index is 12.9. The molecule has 1 atom stereocenters. The highest BCUT2D eigenvalue weighted by Crippen LogP contribution is 2.34. The molecule has 1 fully saturated rings. The van der Waals surface area contributed by atoms with Crippen LogP contribution >= 0.6 is 0 Å². The lowest BCUT2D eigenvalue weighted by atomic mass is 9.92. The number of carbonyl (C=O) groups excluding carboxylic acids is 1. The molecule has 4 N–H and O–H groups in total. The third-order valence-corrected chi connectivity index (χ3v) is 8.70. The van der Waals surface area contributed by atoms with E-state index in [9.17, 15) is 39.9 Å². The van der Waals surface area contributed by atoms with Gasteiger partial charge in [0.1, 0.15) is 4.90 Å². The number of sulfone groups is 1. The normalized spacial score (nSPS) is 16.7. The van der Waals surface area contributed by atoms with E-state index in [1.807, 2.05) is 0 Å². The number of hydrogen-bond donors (Lipinski definition) is 3. The van der Waals surface area contributed by atoms with Crippen LogP contribution in [0.15, 0.2) is 52.3 Å². The van der Waals surface area contributed by atoms with Gasteiger partial charge >= 0.3 is 5.51 Å². The summed E-state index contributed by atoms with van der Waals surface area (Å²) in [6.45, 7) is 3.16. The lowest BCUT2D eigenvalue weighted by molar-refractivity contribution is -0.0435. The van der Waals surface area contributed by atoms with Crippen LogP contribution in [0.5, 0.6) is 0 Å². The van der Waals surface area contributed by atoms with Crippen molar-refractivity contribution < 1.29 is 39.9 Å². The minimum atomic E-state index is -5.92. The van der Waals surface area contributed by atoms with Crippen LogP contribution in [0.25, 0.3) is 0 Å². The molecule has 9 nitrogen and oxygen atoms in total. The van der Waals surface area contributed by atoms with Gasteiger partial charge in [0.15, 0.2) is 0 Å². The number of anilines is 2. The zero-order valence-corrected chi connectivity index (χ0v) is 20.1. The van der Waals surface area contributed by atoms with Crippen molar-refractivity contribution in [1.82, 2.24) is 4.72 Å². The molecule has 14 heteroatoms. The number of piperidine rings is 1. The molecule has 0 bridgehead atoms. The molecule has 0 saturated carbocycles.